The highest BCUT2D eigenvalue weighted by atomic mass is 32.2. The zero-order valence-electron chi connectivity index (χ0n) is 17.3. The summed E-state index contributed by atoms with van der Waals surface area (Å²) in [6.45, 7) is 5.99. The zero-order chi connectivity index (χ0) is 21.5. The highest BCUT2D eigenvalue weighted by molar-refractivity contribution is 7.89. The summed E-state index contributed by atoms with van der Waals surface area (Å²) in [7, 11) is -3.65. The Bertz CT molecular complexity index is 1220. The number of hydrogen-bond donors (Lipinski definition) is 1. The Labute approximate surface area is 176 Å². The molecular formula is C22H25N3O4S. The van der Waals surface area contributed by atoms with Crippen LogP contribution in [0.4, 0.5) is 5.69 Å². The van der Waals surface area contributed by atoms with Gasteiger partial charge in [-0.3, -0.25) is 4.79 Å². The Morgan fingerprint density at radius 2 is 1.97 bits per heavy atom. The number of anilines is 1. The maximum Gasteiger partial charge on any atom is 0.255 e. The number of piperidine rings is 1. The Morgan fingerprint density at radius 3 is 2.73 bits per heavy atom. The lowest BCUT2D eigenvalue weighted by Crippen LogP contribution is -2.42. The molecule has 1 N–H and O–H groups in total. The van der Waals surface area contributed by atoms with Crippen molar-refractivity contribution in [3.05, 3.63) is 53.4 Å². The maximum atomic E-state index is 13.2. The predicted molar refractivity (Wildman–Crippen MR) is 115 cm³/mol. The second kappa shape index (κ2) is 7.85. The number of nitrogens with zero attached hydrogens (tertiary/aromatic N) is 2. The van der Waals surface area contributed by atoms with Gasteiger partial charge < -0.3 is 9.73 Å². The largest absolute Gasteiger partial charge is 0.441 e. The number of aryl methyl sites for hydroxylation is 2. The number of sulfonamides is 1. The first kappa shape index (κ1) is 20.6. The molecule has 0 spiro atoms. The van der Waals surface area contributed by atoms with E-state index in [1.165, 1.54) is 6.07 Å². The predicted octanol–water partition coefficient (Wildman–Crippen LogP) is 4.26. The van der Waals surface area contributed by atoms with Crippen molar-refractivity contribution in [3.8, 4) is 0 Å². The number of oxazole rings is 1. The number of hydrogen-bond acceptors (Lipinski definition) is 5. The summed E-state index contributed by atoms with van der Waals surface area (Å²) < 4.78 is 33.3. The molecule has 2 heterocycles. The first-order valence-electron chi connectivity index (χ1n) is 10.1. The summed E-state index contributed by atoms with van der Waals surface area (Å²) >= 11 is 0. The molecule has 1 fully saturated rings. The monoisotopic (exact) mass is 427 g/mol. The second-order valence-electron chi connectivity index (χ2n) is 7.81. The van der Waals surface area contributed by atoms with E-state index in [1.54, 1.807) is 48.5 Å². The highest BCUT2D eigenvalue weighted by Gasteiger charge is 2.31. The summed E-state index contributed by atoms with van der Waals surface area (Å²) in [5, 5.41) is 2.84. The smallest absolute Gasteiger partial charge is 0.255 e. The van der Waals surface area contributed by atoms with Crippen LogP contribution < -0.4 is 5.32 Å². The molecule has 0 aliphatic carbocycles. The molecule has 0 saturated carbocycles. The summed E-state index contributed by atoms with van der Waals surface area (Å²) in [6, 6.07) is 9.90. The van der Waals surface area contributed by atoms with Crippen LogP contribution >= 0.6 is 0 Å². The molecule has 2 aromatic carbocycles. The van der Waals surface area contributed by atoms with Crippen LogP contribution in [0.5, 0.6) is 0 Å². The van der Waals surface area contributed by atoms with E-state index in [-0.39, 0.29) is 16.8 Å². The van der Waals surface area contributed by atoms with Gasteiger partial charge in [0.15, 0.2) is 11.5 Å². The van der Waals surface area contributed by atoms with Crippen molar-refractivity contribution >= 4 is 32.7 Å². The summed E-state index contributed by atoms with van der Waals surface area (Å²) in [6.07, 6.45) is 2.74. The van der Waals surface area contributed by atoms with Gasteiger partial charge in [0.1, 0.15) is 5.52 Å². The van der Waals surface area contributed by atoms with Crippen LogP contribution in [0.2, 0.25) is 0 Å². The molecule has 8 heteroatoms. The molecule has 7 nitrogen and oxygen atoms in total. The molecule has 1 saturated heterocycles. The van der Waals surface area contributed by atoms with Gasteiger partial charge in [-0.2, -0.15) is 4.31 Å². The third kappa shape index (κ3) is 3.85. The molecule has 158 valence electrons. The minimum absolute atomic E-state index is 0.0417. The molecule has 1 unspecified atom stereocenters. The third-order valence-corrected chi connectivity index (χ3v) is 7.56. The standard InChI is InChI=1S/C22H25N3O4S/c1-14-7-9-18(30(27,28)25-11-5-4-6-15(25)2)13-19(14)22(26)24-17-8-10-21-20(12-17)23-16(3)29-21/h7-10,12-13,15H,4-6,11H2,1-3H3,(H,24,26). The zero-order valence-corrected chi connectivity index (χ0v) is 18.1. The van der Waals surface area contributed by atoms with Crippen LogP contribution in [0, 0.1) is 13.8 Å². The quantitative estimate of drug-likeness (QED) is 0.672. The number of benzene rings is 2. The molecule has 0 radical (unpaired) electrons. The number of amides is 1. The lowest BCUT2D eigenvalue weighted by Gasteiger charge is -2.32. The third-order valence-electron chi connectivity index (χ3n) is 5.55. The van der Waals surface area contributed by atoms with Gasteiger partial charge in [0.2, 0.25) is 10.0 Å². The molecule has 1 aliphatic rings. The van der Waals surface area contributed by atoms with Gasteiger partial charge in [0.25, 0.3) is 5.91 Å². The van der Waals surface area contributed by atoms with E-state index in [0.717, 1.165) is 19.3 Å². The average molecular weight is 428 g/mol. The Balaban J connectivity index is 1.62. The lowest BCUT2D eigenvalue weighted by molar-refractivity contribution is 0.102. The molecular weight excluding hydrogens is 402 g/mol. The normalized spacial score (nSPS) is 17.9. The van der Waals surface area contributed by atoms with E-state index >= 15 is 0 Å². The Morgan fingerprint density at radius 1 is 1.17 bits per heavy atom. The van der Waals surface area contributed by atoms with Crippen molar-refractivity contribution in [1.82, 2.24) is 9.29 Å². The highest BCUT2D eigenvalue weighted by Crippen LogP contribution is 2.27. The van der Waals surface area contributed by atoms with Gasteiger partial charge in [0.05, 0.1) is 4.90 Å². The topological polar surface area (TPSA) is 92.5 Å². The van der Waals surface area contributed by atoms with E-state index in [0.29, 0.717) is 40.3 Å². The number of aromatic nitrogens is 1. The average Bonchev–Trinajstić information content (AvgIpc) is 3.07. The fourth-order valence-electron chi connectivity index (χ4n) is 3.89. The van der Waals surface area contributed by atoms with E-state index in [9.17, 15) is 13.2 Å². The van der Waals surface area contributed by atoms with Crippen LogP contribution in [0.1, 0.15) is 48.0 Å². The van der Waals surface area contributed by atoms with Crippen molar-refractivity contribution in [2.75, 3.05) is 11.9 Å². The Kier molecular flexibility index (Phi) is 5.38. The summed E-state index contributed by atoms with van der Waals surface area (Å²) in [4.78, 5) is 17.4. The minimum Gasteiger partial charge on any atom is -0.441 e. The van der Waals surface area contributed by atoms with Crippen molar-refractivity contribution in [1.29, 1.82) is 0 Å². The summed E-state index contributed by atoms with van der Waals surface area (Å²) in [5.41, 5.74) is 2.90. The van der Waals surface area contributed by atoms with Crippen LogP contribution in [0.15, 0.2) is 45.7 Å². The SMILES string of the molecule is Cc1nc2cc(NC(=O)c3cc(S(=O)(=O)N4CCCCC4C)ccc3C)ccc2o1. The van der Waals surface area contributed by atoms with Crippen molar-refractivity contribution in [3.63, 3.8) is 0 Å². The molecule has 0 bridgehead atoms. The van der Waals surface area contributed by atoms with Gasteiger partial charge >= 0.3 is 0 Å². The molecule has 3 aromatic rings. The van der Waals surface area contributed by atoms with Gasteiger partial charge in [-0.15, -0.1) is 0 Å². The molecule has 1 aromatic heterocycles. The second-order valence-corrected chi connectivity index (χ2v) is 9.70. The van der Waals surface area contributed by atoms with E-state index < -0.39 is 10.0 Å². The molecule has 30 heavy (non-hydrogen) atoms. The number of nitrogens with one attached hydrogen (secondary N) is 1. The number of carbonyl (C=O) groups excluding carboxylic acids is 1. The molecule has 1 amide bonds. The van der Waals surface area contributed by atoms with Gasteiger partial charge in [0, 0.05) is 30.8 Å². The van der Waals surface area contributed by atoms with Gasteiger partial charge in [-0.1, -0.05) is 12.5 Å². The fraction of sp³-hybridized carbons (Fsp3) is 0.364. The van der Waals surface area contributed by atoms with E-state index in [2.05, 4.69) is 10.3 Å². The van der Waals surface area contributed by atoms with Crippen molar-refractivity contribution < 1.29 is 17.6 Å². The van der Waals surface area contributed by atoms with Crippen LogP contribution in [-0.2, 0) is 10.0 Å². The summed E-state index contributed by atoms with van der Waals surface area (Å²) in [5.74, 6) is 0.185. The van der Waals surface area contributed by atoms with Gasteiger partial charge in [-0.25, -0.2) is 13.4 Å². The van der Waals surface area contributed by atoms with E-state index in [1.807, 2.05) is 6.92 Å². The minimum atomic E-state index is -3.65. The van der Waals surface area contributed by atoms with Crippen LogP contribution in [-0.4, -0.2) is 36.2 Å². The number of rotatable bonds is 4. The van der Waals surface area contributed by atoms with E-state index in [4.69, 9.17) is 4.42 Å². The van der Waals surface area contributed by atoms with Crippen molar-refractivity contribution in [2.24, 2.45) is 0 Å². The fourth-order valence-corrected chi connectivity index (χ4v) is 5.62. The molecule has 1 aliphatic heterocycles. The van der Waals surface area contributed by atoms with Crippen LogP contribution in [0.25, 0.3) is 11.1 Å². The molecule has 4 rings (SSSR count). The number of fused-ring (bicyclic) bond motifs is 1. The molecule has 1 atom stereocenters. The maximum absolute atomic E-state index is 13.2. The van der Waals surface area contributed by atoms with Crippen molar-refractivity contribution in [2.45, 2.75) is 51.0 Å². The number of carbonyl (C=O) groups is 1. The Hall–Kier alpha value is -2.71. The van der Waals surface area contributed by atoms with Crippen LogP contribution in [0.3, 0.4) is 0 Å². The first-order chi connectivity index (χ1) is 14.3. The first-order valence-corrected chi connectivity index (χ1v) is 11.5. The lowest BCUT2D eigenvalue weighted by atomic mass is 10.1. The van der Waals surface area contributed by atoms with Gasteiger partial charge in [-0.05, 0) is 62.6 Å².